The highest BCUT2D eigenvalue weighted by Crippen LogP contribution is 2.29. The van der Waals surface area contributed by atoms with E-state index in [2.05, 4.69) is 47.0 Å². The number of primary amides is 1. The van der Waals surface area contributed by atoms with Crippen molar-refractivity contribution < 1.29 is 9.53 Å². The lowest BCUT2D eigenvalue weighted by Gasteiger charge is -2.38. The molecule has 2 atom stereocenters. The summed E-state index contributed by atoms with van der Waals surface area (Å²) in [6.07, 6.45) is 3.70. The van der Waals surface area contributed by atoms with E-state index in [1.807, 2.05) is 13.2 Å². The number of carbonyl (C=O) groups excluding carboxylic acids is 1. The first-order valence-electron chi connectivity index (χ1n) is 9.48. The molecule has 0 unspecified atom stereocenters. The van der Waals surface area contributed by atoms with Crippen molar-refractivity contribution >= 4 is 16.8 Å². The van der Waals surface area contributed by atoms with Crippen LogP contribution in [0.15, 0.2) is 36.7 Å². The minimum absolute atomic E-state index is 0.261. The van der Waals surface area contributed by atoms with Crippen LogP contribution < -0.4 is 5.73 Å². The number of rotatable bonds is 4. The lowest BCUT2D eigenvalue weighted by atomic mass is 10.0. The number of ether oxygens (including phenoxy) is 1. The molecule has 0 aliphatic carbocycles. The largest absolute Gasteiger partial charge is 0.378 e. The first kappa shape index (κ1) is 18.6. The van der Waals surface area contributed by atoms with Crippen molar-refractivity contribution in [2.24, 2.45) is 12.8 Å². The zero-order valence-corrected chi connectivity index (χ0v) is 16.4. The average Bonchev–Trinajstić information content (AvgIpc) is 3.10. The Labute approximate surface area is 164 Å². The number of fused-ring (bicyclic) bond motifs is 1. The third-order valence-corrected chi connectivity index (χ3v) is 5.36. The van der Waals surface area contributed by atoms with Gasteiger partial charge in [-0.05, 0) is 37.1 Å². The Morgan fingerprint density at radius 3 is 2.64 bits per heavy atom. The summed E-state index contributed by atoms with van der Waals surface area (Å²) < 4.78 is 7.36. The van der Waals surface area contributed by atoms with E-state index in [4.69, 9.17) is 10.5 Å². The third-order valence-electron chi connectivity index (χ3n) is 5.36. The summed E-state index contributed by atoms with van der Waals surface area (Å²) in [7, 11) is 1.87. The molecule has 1 saturated heterocycles. The van der Waals surface area contributed by atoms with Gasteiger partial charge < -0.3 is 10.5 Å². The minimum Gasteiger partial charge on any atom is -0.378 e. The van der Waals surface area contributed by atoms with E-state index in [9.17, 15) is 4.79 Å². The number of benzene rings is 1. The van der Waals surface area contributed by atoms with Crippen LogP contribution in [0.4, 0.5) is 0 Å². The topological polar surface area (TPSA) is 86.3 Å². The fourth-order valence-electron chi connectivity index (χ4n) is 3.86. The molecule has 1 amide bonds. The summed E-state index contributed by atoms with van der Waals surface area (Å²) in [5.74, 6) is -0.534. The molecule has 7 heteroatoms. The van der Waals surface area contributed by atoms with Crippen LogP contribution in [0.5, 0.6) is 0 Å². The van der Waals surface area contributed by atoms with Crippen molar-refractivity contribution in [1.29, 1.82) is 0 Å². The van der Waals surface area contributed by atoms with Crippen LogP contribution in [0.25, 0.3) is 22.0 Å². The number of nitrogens with zero attached hydrogens (tertiary/aromatic N) is 4. The van der Waals surface area contributed by atoms with Crippen LogP contribution in [0.2, 0.25) is 0 Å². The predicted molar refractivity (Wildman–Crippen MR) is 108 cm³/mol. The fraction of sp³-hybridized carbons (Fsp3) is 0.381. The first-order valence-corrected chi connectivity index (χ1v) is 9.48. The van der Waals surface area contributed by atoms with Crippen LogP contribution in [-0.4, -0.2) is 50.9 Å². The van der Waals surface area contributed by atoms with Gasteiger partial charge in [0.1, 0.15) is 5.69 Å². The Balaban J connectivity index is 1.77. The molecule has 7 nitrogen and oxygen atoms in total. The first-order chi connectivity index (χ1) is 13.4. The molecular formula is C21H25N5O2. The molecular weight excluding hydrogens is 354 g/mol. The van der Waals surface area contributed by atoms with E-state index in [0.29, 0.717) is 12.1 Å². The van der Waals surface area contributed by atoms with E-state index in [1.165, 1.54) is 0 Å². The lowest BCUT2D eigenvalue weighted by Crippen LogP contribution is -2.48. The van der Waals surface area contributed by atoms with Crippen LogP contribution in [0.3, 0.4) is 0 Å². The molecule has 3 heterocycles. The number of hydrogen-bond acceptors (Lipinski definition) is 5. The molecule has 0 radical (unpaired) electrons. The summed E-state index contributed by atoms with van der Waals surface area (Å²) in [5, 5.41) is 5.22. The molecule has 0 saturated carbocycles. The van der Waals surface area contributed by atoms with Crippen molar-refractivity contribution in [2.75, 3.05) is 13.2 Å². The maximum Gasteiger partial charge on any atom is 0.267 e. The summed E-state index contributed by atoms with van der Waals surface area (Å²) in [4.78, 5) is 18.8. The number of nitrogens with two attached hydrogens (primary N) is 1. The normalized spacial score (nSPS) is 20.5. The Kier molecular flexibility index (Phi) is 4.87. The quantitative estimate of drug-likeness (QED) is 0.752. The predicted octanol–water partition coefficient (Wildman–Crippen LogP) is 2.34. The second kappa shape index (κ2) is 7.33. The molecule has 4 rings (SSSR count). The second-order valence-corrected chi connectivity index (χ2v) is 7.58. The number of aromatic nitrogens is 3. The summed E-state index contributed by atoms with van der Waals surface area (Å²) in [6.45, 7) is 6.66. The standard InChI is InChI=1S/C21H25N5O2/c1-13-11-28-12-14(2)26(13)9-15-4-5-17-18(16-8-23-25(3)10-16)7-20(21(22)27)24-19(17)6-15/h4-8,10,13-14H,9,11-12H2,1-3H3,(H2,22,27)/t13-,14-/m1/s1. The van der Waals surface area contributed by atoms with Gasteiger partial charge in [-0.2, -0.15) is 5.10 Å². The van der Waals surface area contributed by atoms with Crippen molar-refractivity contribution in [3.63, 3.8) is 0 Å². The van der Waals surface area contributed by atoms with Gasteiger partial charge in [0.15, 0.2) is 0 Å². The Morgan fingerprint density at radius 1 is 1.25 bits per heavy atom. The molecule has 28 heavy (non-hydrogen) atoms. The highest BCUT2D eigenvalue weighted by molar-refractivity contribution is 6.00. The third kappa shape index (κ3) is 3.50. The summed E-state index contributed by atoms with van der Waals surface area (Å²) in [5.41, 5.74) is 9.55. The van der Waals surface area contributed by atoms with E-state index in [-0.39, 0.29) is 5.69 Å². The average molecular weight is 379 g/mol. The molecule has 1 fully saturated rings. The maximum absolute atomic E-state index is 11.8. The zero-order valence-electron chi connectivity index (χ0n) is 16.4. The van der Waals surface area contributed by atoms with Gasteiger partial charge in [0.25, 0.3) is 5.91 Å². The Bertz CT molecular complexity index is 1020. The van der Waals surface area contributed by atoms with E-state index < -0.39 is 5.91 Å². The number of pyridine rings is 1. The number of carbonyl (C=O) groups is 1. The molecule has 0 spiro atoms. The molecule has 3 aromatic rings. The van der Waals surface area contributed by atoms with E-state index in [0.717, 1.165) is 47.4 Å². The number of amides is 1. The van der Waals surface area contributed by atoms with Crippen molar-refractivity contribution in [3.8, 4) is 11.1 Å². The fourth-order valence-corrected chi connectivity index (χ4v) is 3.86. The van der Waals surface area contributed by atoms with Gasteiger partial charge in [0, 0.05) is 42.8 Å². The summed E-state index contributed by atoms with van der Waals surface area (Å²) >= 11 is 0. The molecule has 1 aromatic carbocycles. The second-order valence-electron chi connectivity index (χ2n) is 7.58. The Morgan fingerprint density at radius 2 is 2.00 bits per heavy atom. The van der Waals surface area contributed by atoms with Crippen LogP contribution in [0, 0.1) is 0 Å². The van der Waals surface area contributed by atoms with Crippen molar-refractivity contribution in [3.05, 3.63) is 47.9 Å². The molecule has 1 aliphatic heterocycles. The zero-order chi connectivity index (χ0) is 19.8. The Hall–Kier alpha value is -2.77. The van der Waals surface area contributed by atoms with E-state index >= 15 is 0 Å². The van der Waals surface area contributed by atoms with Gasteiger partial charge in [-0.25, -0.2) is 4.98 Å². The van der Waals surface area contributed by atoms with Crippen molar-refractivity contribution in [2.45, 2.75) is 32.5 Å². The number of morpholine rings is 1. The van der Waals surface area contributed by atoms with Crippen LogP contribution in [-0.2, 0) is 18.3 Å². The maximum atomic E-state index is 11.8. The highest BCUT2D eigenvalue weighted by Gasteiger charge is 2.25. The molecule has 1 aliphatic rings. The minimum atomic E-state index is -0.534. The molecule has 2 N–H and O–H groups in total. The smallest absolute Gasteiger partial charge is 0.267 e. The van der Waals surface area contributed by atoms with Gasteiger partial charge in [0.05, 0.1) is 24.9 Å². The molecule has 146 valence electrons. The van der Waals surface area contributed by atoms with Crippen LogP contribution in [0.1, 0.15) is 29.9 Å². The van der Waals surface area contributed by atoms with Gasteiger partial charge in [-0.15, -0.1) is 0 Å². The van der Waals surface area contributed by atoms with E-state index in [1.54, 1.807) is 16.9 Å². The molecule has 0 bridgehead atoms. The van der Waals surface area contributed by atoms with Gasteiger partial charge >= 0.3 is 0 Å². The monoisotopic (exact) mass is 379 g/mol. The van der Waals surface area contributed by atoms with Gasteiger partial charge in [-0.3, -0.25) is 14.4 Å². The SMILES string of the molecule is C[C@@H]1COC[C@@H](C)N1Cc1ccc2c(-c3cnn(C)c3)cc(C(N)=O)nc2c1. The van der Waals surface area contributed by atoms with Crippen LogP contribution >= 0.6 is 0 Å². The van der Waals surface area contributed by atoms with Crippen molar-refractivity contribution in [1.82, 2.24) is 19.7 Å². The number of aryl methyl sites for hydroxylation is 1. The number of hydrogen-bond donors (Lipinski definition) is 1. The summed E-state index contributed by atoms with van der Waals surface area (Å²) in [6, 6.07) is 8.71. The highest BCUT2D eigenvalue weighted by atomic mass is 16.5. The lowest BCUT2D eigenvalue weighted by molar-refractivity contribution is -0.0409. The van der Waals surface area contributed by atoms with Gasteiger partial charge in [-0.1, -0.05) is 12.1 Å². The van der Waals surface area contributed by atoms with Gasteiger partial charge in [0.2, 0.25) is 0 Å². The molecule has 2 aromatic heterocycles.